The molecule has 3 rings (SSSR count). The van der Waals surface area contributed by atoms with Gasteiger partial charge in [-0.15, -0.1) is 0 Å². The molecule has 2 aromatic heterocycles. The number of hydrogen-bond acceptors (Lipinski definition) is 4. The Balaban J connectivity index is 1.58. The van der Waals surface area contributed by atoms with Gasteiger partial charge < -0.3 is 10.2 Å². The second-order valence-corrected chi connectivity index (χ2v) is 6.37. The molecule has 0 radical (unpaired) electrons. The maximum absolute atomic E-state index is 13.1. The van der Waals surface area contributed by atoms with Gasteiger partial charge in [-0.2, -0.15) is 0 Å². The Morgan fingerprint density at radius 1 is 1.26 bits per heavy atom. The Morgan fingerprint density at radius 2 is 2.07 bits per heavy atom. The Kier molecular flexibility index (Phi) is 5.29. The summed E-state index contributed by atoms with van der Waals surface area (Å²) in [5, 5.41) is 2.75. The lowest BCUT2D eigenvalue weighted by molar-refractivity contribution is -0.000344. The van der Waals surface area contributed by atoms with Crippen molar-refractivity contribution in [3.63, 3.8) is 0 Å². The summed E-state index contributed by atoms with van der Waals surface area (Å²) in [6, 6.07) is 6.22. The van der Waals surface area contributed by atoms with E-state index in [2.05, 4.69) is 15.3 Å². The number of halogens is 2. The van der Waals surface area contributed by atoms with E-state index in [0.717, 1.165) is 17.4 Å². The molecule has 0 aliphatic carbocycles. The molecular weight excluding hydrogens is 356 g/mol. The molecule has 1 aliphatic rings. The van der Waals surface area contributed by atoms with Crippen LogP contribution in [0.2, 0.25) is 0 Å². The van der Waals surface area contributed by atoms with Gasteiger partial charge >= 0.3 is 6.03 Å². The molecule has 9 heteroatoms. The van der Waals surface area contributed by atoms with Crippen molar-refractivity contribution in [2.45, 2.75) is 19.4 Å². The molecule has 27 heavy (non-hydrogen) atoms. The molecule has 0 atom stereocenters. The molecule has 142 valence electrons. The molecule has 0 bridgehead atoms. The monoisotopic (exact) mass is 375 g/mol. The van der Waals surface area contributed by atoms with E-state index in [1.807, 2.05) is 0 Å². The number of anilines is 1. The van der Waals surface area contributed by atoms with E-state index in [9.17, 15) is 18.4 Å². The maximum Gasteiger partial charge on any atom is 0.325 e. The third kappa shape index (κ3) is 4.75. The predicted molar refractivity (Wildman–Crippen MR) is 94.6 cm³/mol. The predicted octanol–water partition coefficient (Wildman–Crippen LogP) is 2.30. The van der Waals surface area contributed by atoms with Gasteiger partial charge in [-0.25, -0.2) is 18.6 Å². The zero-order valence-corrected chi connectivity index (χ0v) is 14.7. The lowest BCUT2D eigenvalue weighted by atomic mass is 10.2. The van der Waals surface area contributed by atoms with Crippen molar-refractivity contribution in [1.82, 2.24) is 20.2 Å². The number of carbonyl (C=O) groups is 2. The minimum Gasteiger partial charge on any atom is -0.348 e. The third-order valence-electron chi connectivity index (χ3n) is 4.03. The minimum absolute atomic E-state index is 0.229. The number of rotatable bonds is 6. The van der Waals surface area contributed by atoms with Crippen LogP contribution in [0.5, 0.6) is 0 Å². The number of urea groups is 1. The molecule has 0 unspecified atom stereocenters. The molecule has 0 spiro atoms. The van der Waals surface area contributed by atoms with E-state index in [-0.39, 0.29) is 19.0 Å². The van der Waals surface area contributed by atoms with Crippen LogP contribution >= 0.6 is 0 Å². The average Bonchev–Trinajstić information content (AvgIpc) is 3.00. The van der Waals surface area contributed by atoms with E-state index in [4.69, 9.17) is 0 Å². The first kappa shape index (κ1) is 18.7. The van der Waals surface area contributed by atoms with Crippen LogP contribution in [0.1, 0.15) is 22.8 Å². The summed E-state index contributed by atoms with van der Waals surface area (Å²) in [5.74, 6) is -2.79. The van der Waals surface area contributed by atoms with Crippen LogP contribution in [0.3, 0.4) is 0 Å². The molecule has 3 heterocycles. The van der Waals surface area contributed by atoms with E-state index in [1.165, 1.54) is 11.1 Å². The van der Waals surface area contributed by atoms with Crippen molar-refractivity contribution in [2.75, 3.05) is 24.5 Å². The molecular formula is C18H19F2N5O2. The second kappa shape index (κ2) is 7.65. The third-order valence-corrected chi connectivity index (χ3v) is 4.03. The lowest BCUT2D eigenvalue weighted by Gasteiger charge is -2.21. The number of aromatic nitrogens is 2. The molecule has 7 nitrogen and oxygen atoms in total. The van der Waals surface area contributed by atoms with Crippen molar-refractivity contribution in [3.8, 4) is 0 Å². The molecule has 1 fully saturated rings. The van der Waals surface area contributed by atoms with Gasteiger partial charge in [0, 0.05) is 45.1 Å². The van der Waals surface area contributed by atoms with Crippen LogP contribution in [-0.2, 0) is 6.54 Å². The van der Waals surface area contributed by atoms with Crippen LogP contribution in [0, 0.1) is 0 Å². The maximum atomic E-state index is 13.1. The molecule has 3 amide bonds. The van der Waals surface area contributed by atoms with E-state index in [1.54, 1.807) is 36.7 Å². The smallest absolute Gasteiger partial charge is 0.325 e. The summed E-state index contributed by atoms with van der Waals surface area (Å²) in [7, 11) is 0. The quantitative estimate of drug-likeness (QED) is 0.840. The van der Waals surface area contributed by atoms with Crippen molar-refractivity contribution in [1.29, 1.82) is 0 Å². The normalized spacial score (nSPS) is 14.6. The van der Waals surface area contributed by atoms with Crippen LogP contribution in [0.4, 0.5) is 19.4 Å². The first-order valence-corrected chi connectivity index (χ1v) is 8.41. The molecule has 0 aromatic carbocycles. The van der Waals surface area contributed by atoms with Gasteiger partial charge in [0.05, 0.1) is 12.1 Å². The zero-order chi connectivity index (χ0) is 19.4. The van der Waals surface area contributed by atoms with Crippen LogP contribution < -0.4 is 10.2 Å². The van der Waals surface area contributed by atoms with E-state index in [0.29, 0.717) is 17.9 Å². The number of nitrogens with zero attached hydrogens (tertiary/aromatic N) is 4. The Labute approximate surface area is 155 Å². The highest BCUT2D eigenvalue weighted by Gasteiger charge is 2.35. The zero-order valence-electron chi connectivity index (χ0n) is 14.7. The number of hydrogen-bond donors (Lipinski definition) is 1. The average molecular weight is 375 g/mol. The molecule has 1 N–H and O–H groups in total. The first-order valence-electron chi connectivity index (χ1n) is 8.41. The molecule has 1 saturated heterocycles. The van der Waals surface area contributed by atoms with Crippen molar-refractivity contribution < 1.29 is 18.4 Å². The summed E-state index contributed by atoms with van der Waals surface area (Å²) in [6.45, 7) is 0.978. The highest BCUT2D eigenvalue weighted by atomic mass is 19.3. The summed E-state index contributed by atoms with van der Waals surface area (Å²) < 4.78 is 26.3. The Bertz CT molecular complexity index is 809. The SMILES string of the molecule is CC(F)(F)CN1CCN(c2ccc(CNC(=O)c3cccnc3)cn2)C1=O. The number of alkyl halides is 2. The Hall–Kier alpha value is -3.10. The number of amides is 3. The van der Waals surface area contributed by atoms with Gasteiger partial charge in [0.1, 0.15) is 5.82 Å². The van der Waals surface area contributed by atoms with Crippen molar-refractivity contribution >= 4 is 17.8 Å². The van der Waals surface area contributed by atoms with Crippen LogP contribution in [0.15, 0.2) is 42.9 Å². The fourth-order valence-corrected chi connectivity index (χ4v) is 2.74. The minimum atomic E-state index is -2.94. The fourth-order valence-electron chi connectivity index (χ4n) is 2.74. The highest BCUT2D eigenvalue weighted by Crippen LogP contribution is 2.22. The topological polar surface area (TPSA) is 78.4 Å². The summed E-state index contributed by atoms with van der Waals surface area (Å²) >= 11 is 0. The summed E-state index contributed by atoms with van der Waals surface area (Å²) in [4.78, 5) is 34.8. The van der Waals surface area contributed by atoms with Gasteiger partial charge in [0.15, 0.2) is 0 Å². The highest BCUT2D eigenvalue weighted by molar-refractivity contribution is 5.94. The van der Waals surface area contributed by atoms with E-state index < -0.39 is 18.5 Å². The van der Waals surface area contributed by atoms with Crippen LogP contribution in [0.25, 0.3) is 0 Å². The van der Waals surface area contributed by atoms with Gasteiger partial charge in [0.2, 0.25) is 0 Å². The fraction of sp³-hybridized carbons (Fsp3) is 0.333. The molecule has 1 aliphatic heterocycles. The van der Waals surface area contributed by atoms with Crippen molar-refractivity contribution in [3.05, 3.63) is 54.0 Å². The van der Waals surface area contributed by atoms with Gasteiger partial charge in [0.25, 0.3) is 11.8 Å². The van der Waals surface area contributed by atoms with Crippen molar-refractivity contribution in [2.24, 2.45) is 0 Å². The lowest BCUT2D eigenvalue weighted by Crippen LogP contribution is -2.38. The largest absolute Gasteiger partial charge is 0.348 e. The van der Waals surface area contributed by atoms with Crippen LogP contribution in [-0.4, -0.2) is 52.4 Å². The molecule has 2 aromatic rings. The Morgan fingerprint density at radius 3 is 2.70 bits per heavy atom. The summed E-state index contributed by atoms with van der Waals surface area (Å²) in [5.41, 5.74) is 1.21. The molecule has 0 saturated carbocycles. The number of pyridine rings is 2. The first-order chi connectivity index (χ1) is 12.8. The standard InChI is InChI=1S/C18H19F2N5O2/c1-18(19,20)12-24-7-8-25(17(24)27)15-5-4-13(9-22-15)10-23-16(26)14-3-2-6-21-11-14/h2-6,9,11H,7-8,10,12H2,1H3,(H,23,26). The summed E-state index contributed by atoms with van der Waals surface area (Å²) in [6.07, 6.45) is 4.60. The second-order valence-electron chi connectivity index (χ2n) is 6.37. The van der Waals surface area contributed by atoms with Gasteiger partial charge in [-0.1, -0.05) is 6.07 Å². The van der Waals surface area contributed by atoms with E-state index >= 15 is 0 Å². The van der Waals surface area contributed by atoms with Gasteiger partial charge in [-0.3, -0.25) is 14.7 Å². The number of nitrogens with one attached hydrogen (secondary N) is 1. The number of carbonyl (C=O) groups excluding carboxylic acids is 2. The van der Waals surface area contributed by atoms with Gasteiger partial charge in [-0.05, 0) is 23.8 Å².